The average molecular weight is 265 g/mol. The monoisotopic (exact) mass is 264 g/mol. The van der Waals surface area contributed by atoms with E-state index in [2.05, 4.69) is 48.5 Å². The van der Waals surface area contributed by atoms with Crippen molar-refractivity contribution in [1.29, 1.82) is 0 Å². The molecule has 0 amide bonds. The van der Waals surface area contributed by atoms with Gasteiger partial charge in [0.1, 0.15) is 0 Å². The molecular weight excluding hydrogens is 252 g/mol. The Kier molecular flexibility index (Phi) is 3.35. The fourth-order valence-electron chi connectivity index (χ4n) is 2.17. The lowest BCUT2D eigenvalue weighted by atomic mass is 10.0. The van der Waals surface area contributed by atoms with Gasteiger partial charge in [0.05, 0.1) is 0 Å². The Hall–Kier alpha value is -2.05. The maximum Gasteiger partial charge on any atom is 0.0484 e. The number of halogens is 1. The fourth-order valence-corrected chi connectivity index (χ4v) is 2.41. The average Bonchev–Trinajstić information content (AvgIpc) is 2.49. The smallest absolute Gasteiger partial charge is 0.0484 e. The molecule has 92 valence electrons. The van der Waals surface area contributed by atoms with Gasteiger partial charge in [-0.2, -0.15) is 0 Å². The largest absolute Gasteiger partial charge is 0.0837 e. The standard InChI is InChI=1S/C18H13Cl/c19-18-9-5-4-8-17(18)16-12-10-15(11-13-16)14-6-2-1-3-7-14/h1-13H. The van der Waals surface area contributed by atoms with Crippen molar-refractivity contribution in [2.45, 2.75) is 0 Å². The van der Waals surface area contributed by atoms with Gasteiger partial charge in [0.2, 0.25) is 0 Å². The van der Waals surface area contributed by atoms with Crippen LogP contribution >= 0.6 is 11.6 Å². The molecule has 3 aromatic rings. The van der Waals surface area contributed by atoms with Crippen molar-refractivity contribution in [3.63, 3.8) is 0 Å². The minimum atomic E-state index is 0.787. The minimum absolute atomic E-state index is 0.787. The molecule has 0 N–H and O–H groups in total. The summed E-state index contributed by atoms with van der Waals surface area (Å²) in [5.41, 5.74) is 4.67. The first-order chi connectivity index (χ1) is 9.34. The lowest BCUT2D eigenvalue weighted by molar-refractivity contribution is 1.59. The van der Waals surface area contributed by atoms with Gasteiger partial charge in [-0.3, -0.25) is 0 Å². The maximum absolute atomic E-state index is 6.22. The highest BCUT2D eigenvalue weighted by atomic mass is 35.5. The van der Waals surface area contributed by atoms with E-state index >= 15 is 0 Å². The van der Waals surface area contributed by atoms with Gasteiger partial charge in [-0.15, -0.1) is 0 Å². The van der Waals surface area contributed by atoms with Gasteiger partial charge in [0.15, 0.2) is 0 Å². The van der Waals surface area contributed by atoms with Crippen LogP contribution in [0.15, 0.2) is 78.9 Å². The van der Waals surface area contributed by atoms with Gasteiger partial charge in [-0.25, -0.2) is 0 Å². The van der Waals surface area contributed by atoms with Crippen LogP contribution in [0.25, 0.3) is 22.3 Å². The van der Waals surface area contributed by atoms with Crippen molar-refractivity contribution in [3.8, 4) is 22.3 Å². The van der Waals surface area contributed by atoms with Crippen LogP contribution in [0, 0.1) is 0 Å². The van der Waals surface area contributed by atoms with Crippen molar-refractivity contribution >= 4 is 11.6 Å². The fraction of sp³-hybridized carbons (Fsp3) is 0. The van der Waals surface area contributed by atoms with Gasteiger partial charge >= 0.3 is 0 Å². The molecule has 19 heavy (non-hydrogen) atoms. The molecule has 0 aliphatic rings. The van der Waals surface area contributed by atoms with E-state index in [9.17, 15) is 0 Å². The summed E-state index contributed by atoms with van der Waals surface area (Å²) < 4.78 is 0. The SMILES string of the molecule is Clc1ccccc1-c1ccc(-c2ccccc2)cc1. The van der Waals surface area contributed by atoms with E-state index in [-0.39, 0.29) is 0 Å². The Balaban J connectivity index is 1.98. The van der Waals surface area contributed by atoms with Gasteiger partial charge < -0.3 is 0 Å². The third-order valence-electron chi connectivity index (χ3n) is 3.18. The zero-order chi connectivity index (χ0) is 13.1. The first-order valence-corrected chi connectivity index (χ1v) is 6.63. The number of benzene rings is 3. The highest BCUT2D eigenvalue weighted by Crippen LogP contribution is 2.29. The second kappa shape index (κ2) is 5.29. The number of hydrogen-bond acceptors (Lipinski definition) is 0. The van der Waals surface area contributed by atoms with E-state index in [0.29, 0.717) is 0 Å². The first kappa shape index (κ1) is 12.0. The lowest BCUT2D eigenvalue weighted by Crippen LogP contribution is -1.81. The molecule has 0 saturated heterocycles. The molecule has 1 heteroatoms. The molecule has 3 aromatic carbocycles. The molecule has 3 rings (SSSR count). The molecule has 0 spiro atoms. The van der Waals surface area contributed by atoms with Crippen LogP contribution in [0.4, 0.5) is 0 Å². The van der Waals surface area contributed by atoms with Crippen LogP contribution in [0.5, 0.6) is 0 Å². The van der Waals surface area contributed by atoms with Crippen LogP contribution in [0.2, 0.25) is 5.02 Å². The van der Waals surface area contributed by atoms with Crippen LogP contribution in [0.3, 0.4) is 0 Å². The van der Waals surface area contributed by atoms with E-state index < -0.39 is 0 Å². The number of rotatable bonds is 2. The predicted octanol–water partition coefficient (Wildman–Crippen LogP) is 5.67. The summed E-state index contributed by atoms with van der Waals surface area (Å²) >= 11 is 6.22. The summed E-state index contributed by atoms with van der Waals surface area (Å²) in [7, 11) is 0. The van der Waals surface area contributed by atoms with E-state index in [1.165, 1.54) is 11.1 Å². The summed E-state index contributed by atoms with van der Waals surface area (Å²) in [6.07, 6.45) is 0. The third-order valence-corrected chi connectivity index (χ3v) is 3.51. The Labute approximate surface area is 118 Å². The zero-order valence-corrected chi connectivity index (χ0v) is 11.1. The zero-order valence-electron chi connectivity index (χ0n) is 10.4. The Morgan fingerprint density at radius 2 is 1.00 bits per heavy atom. The Bertz CT molecular complexity index is 670. The maximum atomic E-state index is 6.22. The molecule has 0 unspecified atom stereocenters. The summed E-state index contributed by atoms with van der Waals surface area (Å²) in [4.78, 5) is 0. The lowest BCUT2D eigenvalue weighted by Gasteiger charge is -2.06. The molecular formula is C18H13Cl. The topological polar surface area (TPSA) is 0 Å². The normalized spacial score (nSPS) is 10.4. The van der Waals surface area contributed by atoms with E-state index in [4.69, 9.17) is 11.6 Å². The molecule has 0 bridgehead atoms. The highest BCUT2D eigenvalue weighted by molar-refractivity contribution is 6.33. The van der Waals surface area contributed by atoms with Gasteiger partial charge in [-0.1, -0.05) is 84.4 Å². The van der Waals surface area contributed by atoms with E-state index in [1.54, 1.807) is 0 Å². The quantitative estimate of drug-likeness (QED) is 0.559. The molecule has 0 aliphatic carbocycles. The van der Waals surface area contributed by atoms with Crippen molar-refractivity contribution in [2.75, 3.05) is 0 Å². The Morgan fingerprint density at radius 1 is 0.474 bits per heavy atom. The van der Waals surface area contributed by atoms with Crippen molar-refractivity contribution in [1.82, 2.24) is 0 Å². The molecule has 0 aromatic heterocycles. The highest BCUT2D eigenvalue weighted by Gasteiger charge is 2.03. The summed E-state index contributed by atoms with van der Waals surface area (Å²) in [5.74, 6) is 0. The van der Waals surface area contributed by atoms with Gasteiger partial charge in [0, 0.05) is 10.6 Å². The minimum Gasteiger partial charge on any atom is -0.0837 e. The molecule has 0 heterocycles. The van der Waals surface area contributed by atoms with Crippen molar-refractivity contribution < 1.29 is 0 Å². The summed E-state index contributed by atoms with van der Waals surface area (Å²) in [6.45, 7) is 0. The van der Waals surface area contributed by atoms with Crippen LogP contribution in [0.1, 0.15) is 0 Å². The first-order valence-electron chi connectivity index (χ1n) is 6.25. The van der Waals surface area contributed by atoms with Crippen LogP contribution < -0.4 is 0 Å². The van der Waals surface area contributed by atoms with E-state index in [0.717, 1.165) is 16.1 Å². The third kappa shape index (κ3) is 2.54. The second-order valence-electron chi connectivity index (χ2n) is 4.42. The summed E-state index contributed by atoms with van der Waals surface area (Å²) in [5, 5.41) is 0.787. The molecule has 0 saturated carbocycles. The van der Waals surface area contributed by atoms with Gasteiger partial charge in [-0.05, 0) is 22.8 Å². The molecule has 0 nitrogen and oxygen atoms in total. The van der Waals surface area contributed by atoms with Crippen LogP contribution in [-0.4, -0.2) is 0 Å². The van der Waals surface area contributed by atoms with Crippen molar-refractivity contribution in [3.05, 3.63) is 83.9 Å². The molecule has 0 fully saturated rings. The molecule has 0 radical (unpaired) electrons. The van der Waals surface area contributed by atoms with Crippen molar-refractivity contribution in [2.24, 2.45) is 0 Å². The van der Waals surface area contributed by atoms with Crippen LogP contribution in [-0.2, 0) is 0 Å². The molecule has 0 aliphatic heterocycles. The molecule has 0 atom stereocenters. The number of hydrogen-bond donors (Lipinski definition) is 0. The predicted molar refractivity (Wildman–Crippen MR) is 82.3 cm³/mol. The summed E-state index contributed by atoms with van der Waals surface area (Å²) in [6, 6.07) is 26.8. The van der Waals surface area contributed by atoms with E-state index in [1.807, 2.05) is 30.3 Å². The Morgan fingerprint density at radius 3 is 1.68 bits per heavy atom. The second-order valence-corrected chi connectivity index (χ2v) is 4.83. The van der Waals surface area contributed by atoms with Gasteiger partial charge in [0.25, 0.3) is 0 Å².